The van der Waals surface area contributed by atoms with Gasteiger partial charge in [0.1, 0.15) is 34.5 Å². The second-order valence-electron chi connectivity index (χ2n) is 25.0. The molecule has 528 valence electrons. The molecule has 0 unspecified atom stereocenters. The van der Waals surface area contributed by atoms with Crippen LogP contribution in [0.4, 0.5) is 55.5 Å². The highest BCUT2D eigenvalue weighted by molar-refractivity contribution is 8.16. The highest BCUT2D eigenvalue weighted by Gasteiger charge is 2.40. The molecule has 0 saturated carbocycles. The van der Waals surface area contributed by atoms with Crippen LogP contribution in [0.15, 0.2) is 94.5 Å². The van der Waals surface area contributed by atoms with Crippen LogP contribution in [0.3, 0.4) is 0 Å². The van der Waals surface area contributed by atoms with Crippen molar-refractivity contribution < 1.29 is 70.2 Å². The van der Waals surface area contributed by atoms with Crippen LogP contribution in [0.2, 0.25) is 0 Å². The van der Waals surface area contributed by atoms with Gasteiger partial charge in [0.25, 0.3) is 20.9 Å². The summed E-state index contributed by atoms with van der Waals surface area (Å²) in [5.74, 6) is -16.6. The van der Waals surface area contributed by atoms with Gasteiger partial charge >= 0.3 is 11.4 Å². The average molecular weight is 1450 g/mol. The number of sulfonamides is 1. The molecule has 1 N–H and O–H groups in total. The van der Waals surface area contributed by atoms with Crippen molar-refractivity contribution in [2.75, 3.05) is 49.2 Å². The first kappa shape index (κ1) is 73.1. The van der Waals surface area contributed by atoms with Crippen molar-refractivity contribution in [2.45, 2.75) is 129 Å². The van der Waals surface area contributed by atoms with Gasteiger partial charge in [0, 0.05) is 97.1 Å². The number of hydrogen-bond donors (Lipinski definition) is 1. The van der Waals surface area contributed by atoms with Crippen molar-refractivity contribution in [1.82, 2.24) is 48.7 Å². The molecule has 2 fully saturated rings. The summed E-state index contributed by atoms with van der Waals surface area (Å²) in [6.45, 7) is 19.4. The molecule has 6 aromatic heterocycles. The first-order valence-corrected chi connectivity index (χ1v) is 35.0. The van der Waals surface area contributed by atoms with E-state index < -0.39 is 149 Å². The quantitative estimate of drug-likeness (QED) is 0.115. The Morgan fingerprint density at radius 3 is 1.42 bits per heavy atom. The molecule has 10 heterocycles. The molecule has 4 bridgehead atoms. The number of nitrogens with zero attached hydrogens (tertiary/aromatic N) is 11. The number of rotatable bonds is 7. The van der Waals surface area contributed by atoms with Gasteiger partial charge in [0.15, 0.2) is 59.4 Å². The third kappa shape index (κ3) is 14.9. The Morgan fingerprint density at radius 1 is 0.596 bits per heavy atom. The van der Waals surface area contributed by atoms with Crippen molar-refractivity contribution >= 4 is 63.5 Å². The molecule has 4 atom stereocenters. The fourth-order valence-corrected chi connectivity index (χ4v) is 13.4. The number of alkyl halides is 4. The third-order valence-electron chi connectivity index (χ3n) is 17.2. The van der Waals surface area contributed by atoms with Crippen LogP contribution in [0.25, 0.3) is 56.0 Å². The van der Waals surface area contributed by atoms with Crippen molar-refractivity contribution in [3.05, 3.63) is 163 Å². The van der Waals surface area contributed by atoms with Gasteiger partial charge in [-0.1, -0.05) is 40.9 Å². The predicted octanol–water partition coefficient (Wildman–Crippen LogP) is 11.9. The molecule has 4 aliphatic rings. The van der Waals surface area contributed by atoms with E-state index in [9.17, 15) is 35.2 Å². The van der Waals surface area contributed by atoms with E-state index in [2.05, 4.69) is 59.1 Å². The maximum atomic E-state index is 16.3. The van der Waals surface area contributed by atoms with Crippen molar-refractivity contribution in [1.29, 1.82) is 0 Å². The van der Waals surface area contributed by atoms with E-state index in [4.69, 9.17) is 9.47 Å². The highest BCUT2D eigenvalue weighted by Crippen LogP contribution is 2.43. The Kier molecular flexibility index (Phi) is 20.8. The Morgan fingerprint density at radius 2 is 1.02 bits per heavy atom. The molecule has 0 aliphatic carbocycles. The van der Waals surface area contributed by atoms with Crippen molar-refractivity contribution in [3.8, 4) is 45.4 Å². The fraction of sp³-hybridized carbons (Fsp3) is 0.394. The normalized spacial score (nSPS) is 19.4. The zero-order chi connectivity index (χ0) is 72.3. The number of anilines is 2. The van der Waals surface area contributed by atoms with E-state index >= 15 is 35.1 Å². The van der Waals surface area contributed by atoms with Crippen LogP contribution in [-0.4, -0.2) is 136 Å². The maximum Gasteiger partial charge on any atom is 0.355 e. The predicted molar refractivity (Wildman–Crippen MR) is 354 cm³/mol. The lowest BCUT2D eigenvalue weighted by molar-refractivity contribution is -0.0476. The maximum absolute atomic E-state index is 16.3. The van der Waals surface area contributed by atoms with E-state index in [1.165, 1.54) is 28.8 Å². The number of pyridine rings is 4. The Labute approximate surface area is 566 Å². The molecule has 4 aliphatic heterocycles. The largest absolute Gasteiger partial charge is 0.486 e. The lowest BCUT2D eigenvalue weighted by Gasteiger charge is -2.43. The molecule has 8 aromatic rings. The summed E-state index contributed by atoms with van der Waals surface area (Å²) in [6, 6.07) is 6.98. The number of aryl methyl sites for hydroxylation is 2. The van der Waals surface area contributed by atoms with Gasteiger partial charge in [-0.15, -0.1) is 0 Å². The minimum Gasteiger partial charge on any atom is -0.486 e. The van der Waals surface area contributed by atoms with E-state index in [-0.39, 0.29) is 94.9 Å². The van der Waals surface area contributed by atoms with Crippen LogP contribution >= 0.6 is 10.7 Å². The number of hydrogen-bond acceptors (Lipinski definition) is 17. The summed E-state index contributed by atoms with van der Waals surface area (Å²) in [5.41, 5.74) is -3.45. The molecular weight excluding hydrogens is 1380 g/mol. The lowest BCUT2D eigenvalue weighted by Crippen LogP contribution is -2.58. The van der Waals surface area contributed by atoms with Crippen molar-refractivity contribution in [3.63, 3.8) is 0 Å². The van der Waals surface area contributed by atoms with Crippen LogP contribution in [-0.2, 0) is 31.9 Å². The van der Waals surface area contributed by atoms with Gasteiger partial charge in [0.05, 0.1) is 44.7 Å². The second-order valence-corrected chi connectivity index (χ2v) is 29.5. The zero-order valence-corrected chi connectivity index (χ0v) is 56.9. The molecule has 2 aromatic carbocycles. The lowest BCUT2D eigenvalue weighted by atomic mass is 9.99. The van der Waals surface area contributed by atoms with Crippen molar-refractivity contribution in [2.24, 2.45) is 0 Å². The van der Waals surface area contributed by atoms with Crippen LogP contribution < -0.4 is 36.0 Å². The SMILES string of the molecule is C=CS(=O)(=O)Cl.C=CS(=O)(=O)N1C[C@H](C)N(c2nc(=O)n3c4nc(c(F)cc24)-c2c(ccc(F)c2F)OCC(F)(F)CCc2ccnc(C(C)C)c2-3)C[C@H]1C.CC(C)c1nccc2c1-n1c(=O)nc(N3C[C@@H](C)NC[C@@H]3C)c3cc(F)c(nc31)-c1c(ccc(F)c1F)OCC(F)(F)CC2. The number of halogens is 11. The van der Waals surface area contributed by atoms with Gasteiger partial charge in [0.2, 0.25) is 10.0 Å². The molecule has 0 amide bonds. The standard InChI is InChI=1S/C33H33F5N6O4S.C31H31F5N6O2.C2H3ClO2S/c1-6-49(46,47)43-15-18(4)42(14-19(43)5)30-21-13-23(35)28-25-24(8-7-22(34)26(25)36)48-16-33(37,38)11-9-20-10-12-39-27(17(2)3)29(20)44(31(21)40-28)32(45)41-30;1-15(2)25-27-18(8-10-37-25)7-9-31(35,36)14-44-22-6-5-20(32)24(34)23(22)26-21(33)11-19-28(40-30(43)42(27)29(19)39-26)41-13-16(3)38-12-17(41)4;1-2-6(3,4)5/h6-8,10,12-13,17-19H,1,9,11,14-16H2,2-5H3;5-6,8,10-11,15-17,38H,7,9,12-14H2,1-4H3;2H,1H2/t18-,19+;16-,17+;/m01./s1. The monoisotopic (exact) mass is 1440 g/mol. The number of ether oxygens (including phenoxy) is 2. The Balaban J connectivity index is 0.000000199. The highest BCUT2D eigenvalue weighted by atomic mass is 35.7. The van der Waals surface area contributed by atoms with E-state index in [1.54, 1.807) is 32.6 Å². The van der Waals surface area contributed by atoms with Crippen LogP contribution in [0.1, 0.15) is 103 Å². The van der Waals surface area contributed by atoms with E-state index in [0.717, 1.165) is 38.8 Å². The van der Waals surface area contributed by atoms with Crippen LogP contribution in [0, 0.1) is 34.9 Å². The fourth-order valence-electron chi connectivity index (χ4n) is 12.2. The molecule has 0 radical (unpaired) electrons. The number of benzene rings is 2. The molecular formula is C66H67ClF10N12O8S2. The number of fused-ring (bicyclic) bond motifs is 10. The number of piperazine rings is 2. The smallest absolute Gasteiger partial charge is 0.355 e. The molecule has 2 saturated heterocycles. The van der Waals surface area contributed by atoms with E-state index in [0.29, 0.717) is 53.1 Å². The third-order valence-corrected chi connectivity index (χ3v) is 19.5. The second kappa shape index (κ2) is 28.2. The average Bonchev–Trinajstić information content (AvgIpc) is 1.18. The number of aromatic nitrogens is 8. The van der Waals surface area contributed by atoms with Gasteiger partial charge in [-0.3, -0.25) is 9.97 Å². The first-order chi connectivity index (χ1) is 46.5. The topological polar surface area (TPSA) is 230 Å². The first-order valence-electron chi connectivity index (χ1n) is 31.2. The molecule has 20 nitrogen and oxygen atoms in total. The van der Waals surface area contributed by atoms with Gasteiger partial charge in [-0.2, -0.15) is 14.3 Å². The Hall–Kier alpha value is -8.59. The summed E-state index contributed by atoms with van der Waals surface area (Å²) in [4.78, 5) is 58.4. The molecule has 12 rings (SSSR count). The van der Waals surface area contributed by atoms with Gasteiger partial charge in [-0.05, 0) is 112 Å². The molecule has 99 heavy (non-hydrogen) atoms. The zero-order valence-electron chi connectivity index (χ0n) is 54.5. The van der Waals surface area contributed by atoms with Crippen LogP contribution in [0.5, 0.6) is 11.5 Å². The minimum absolute atomic E-state index is 0.0180. The summed E-state index contributed by atoms with van der Waals surface area (Å²) in [5, 5.41) is 4.98. The molecule has 0 spiro atoms. The summed E-state index contributed by atoms with van der Waals surface area (Å²) in [6.07, 6.45) is 1.02. The minimum atomic E-state index is -3.81. The van der Waals surface area contributed by atoms with Gasteiger partial charge in [-0.25, -0.2) is 89.4 Å². The van der Waals surface area contributed by atoms with E-state index in [1.807, 2.05) is 32.6 Å². The Bertz CT molecular complexity index is 4890. The summed E-state index contributed by atoms with van der Waals surface area (Å²) in [7, 11) is -2.67. The number of nitrogens with one attached hydrogen (secondary N) is 1. The summed E-state index contributed by atoms with van der Waals surface area (Å²) < 4.78 is 212. The van der Waals surface area contributed by atoms with Gasteiger partial charge < -0.3 is 24.6 Å². The molecule has 33 heteroatoms. The summed E-state index contributed by atoms with van der Waals surface area (Å²) >= 11 is 0.